The Balaban J connectivity index is 1.52. The number of fused-ring (bicyclic) bond motifs is 5. The van der Waals surface area contributed by atoms with Crippen LogP contribution in [0, 0.1) is 28.6 Å². The van der Waals surface area contributed by atoms with Gasteiger partial charge in [-0.2, -0.15) is 0 Å². The van der Waals surface area contributed by atoms with Crippen LogP contribution >= 0.6 is 0 Å². The molecule has 5 rings (SSSR count). The first-order valence-electron chi connectivity index (χ1n) is 11.2. The molecule has 6 heteroatoms. The predicted octanol–water partition coefficient (Wildman–Crippen LogP) is 1.90. The number of ether oxygens (including phenoxy) is 1. The highest BCUT2D eigenvalue weighted by Crippen LogP contribution is 2.70. The lowest BCUT2D eigenvalue weighted by Gasteiger charge is -2.65. The van der Waals surface area contributed by atoms with Gasteiger partial charge in [0.2, 0.25) is 0 Å². The Labute approximate surface area is 171 Å². The van der Waals surface area contributed by atoms with Crippen LogP contribution in [0.3, 0.4) is 0 Å². The second-order valence-electron chi connectivity index (χ2n) is 10.6. The summed E-state index contributed by atoms with van der Waals surface area (Å²) in [5.74, 6) is -0.304. The zero-order valence-electron chi connectivity index (χ0n) is 17.1. The number of hydrogen-bond donors (Lipinski definition) is 3. The van der Waals surface area contributed by atoms with Crippen LogP contribution in [0.1, 0.15) is 64.7 Å². The Morgan fingerprint density at radius 1 is 1.07 bits per heavy atom. The highest BCUT2D eigenvalue weighted by Gasteiger charge is 2.71. The molecule has 0 aromatic heterocycles. The first kappa shape index (κ1) is 19.7. The van der Waals surface area contributed by atoms with Crippen LogP contribution in [0.25, 0.3) is 0 Å². The molecule has 0 amide bonds. The molecule has 4 saturated carbocycles. The fourth-order valence-electron chi connectivity index (χ4n) is 8.34. The van der Waals surface area contributed by atoms with E-state index < -0.39 is 22.7 Å². The number of carbonyl (C=O) groups is 2. The Kier molecular flexibility index (Phi) is 4.18. The van der Waals surface area contributed by atoms with E-state index in [0.29, 0.717) is 38.7 Å². The summed E-state index contributed by atoms with van der Waals surface area (Å²) < 4.78 is 5.15. The fraction of sp³-hybridized carbons (Fsp3) is 0.826. The van der Waals surface area contributed by atoms with Gasteiger partial charge in [0, 0.05) is 17.9 Å². The number of aliphatic hydroxyl groups is 3. The van der Waals surface area contributed by atoms with Crippen molar-refractivity contribution in [1.82, 2.24) is 0 Å². The summed E-state index contributed by atoms with van der Waals surface area (Å²) in [5, 5.41) is 33.7. The van der Waals surface area contributed by atoms with Gasteiger partial charge in [-0.05, 0) is 74.7 Å². The summed E-state index contributed by atoms with van der Waals surface area (Å²) in [6.45, 7) is 2.46. The third kappa shape index (κ3) is 2.34. The molecule has 0 unspecified atom stereocenters. The van der Waals surface area contributed by atoms with Crippen LogP contribution < -0.4 is 0 Å². The average molecular weight is 405 g/mol. The second kappa shape index (κ2) is 6.14. The number of aliphatic hydroxyl groups excluding tert-OH is 1. The summed E-state index contributed by atoms with van der Waals surface area (Å²) in [5.41, 5.74) is -2.34. The first-order chi connectivity index (χ1) is 13.7. The van der Waals surface area contributed by atoms with Crippen LogP contribution in [0.4, 0.5) is 0 Å². The van der Waals surface area contributed by atoms with Gasteiger partial charge < -0.3 is 24.9 Å². The molecule has 0 bridgehead atoms. The Bertz CT molecular complexity index is 777. The molecule has 0 radical (unpaired) electrons. The van der Waals surface area contributed by atoms with Crippen molar-refractivity contribution in [2.75, 3.05) is 6.61 Å². The highest BCUT2D eigenvalue weighted by atomic mass is 16.5. The largest absolute Gasteiger partial charge is 0.458 e. The van der Waals surface area contributed by atoms with E-state index in [4.69, 9.17) is 4.74 Å². The minimum atomic E-state index is -1.18. The van der Waals surface area contributed by atoms with E-state index in [1.54, 1.807) is 6.08 Å². The van der Waals surface area contributed by atoms with Gasteiger partial charge in [-0.25, -0.2) is 4.79 Å². The van der Waals surface area contributed by atoms with Crippen molar-refractivity contribution >= 4 is 12.3 Å². The van der Waals surface area contributed by atoms with E-state index in [0.717, 1.165) is 31.1 Å². The lowest BCUT2D eigenvalue weighted by atomic mass is 9.41. The third-order valence-corrected chi connectivity index (χ3v) is 9.85. The van der Waals surface area contributed by atoms with Crippen LogP contribution in [0.2, 0.25) is 0 Å². The van der Waals surface area contributed by atoms with Crippen molar-refractivity contribution in [2.24, 2.45) is 28.6 Å². The van der Waals surface area contributed by atoms with E-state index in [1.807, 2.05) is 0 Å². The van der Waals surface area contributed by atoms with Gasteiger partial charge in [0.1, 0.15) is 12.9 Å². The van der Waals surface area contributed by atoms with Crippen molar-refractivity contribution in [1.29, 1.82) is 0 Å². The molecule has 1 aliphatic heterocycles. The van der Waals surface area contributed by atoms with Gasteiger partial charge in [0.25, 0.3) is 0 Å². The molecule has 4 fully saturated rings. The van der Waals surface area contributed by atoms with Crippen molar-refractivity contribution < 1.29 is 29.6 Å². The molecule has 29 heavy (non-hydrogen) atoms. The molecule has 1 heterocycles. The van der Waals surface area contributed by atoms with E-state index in [9.17, 15) is 24.9 Å². The SMILES string of the molecule is C[C@]12CC[C@@H]3[C@@H](CC[C@]4(O)C[C@@H](O)CC[C@]34C=O)[C@@]1(O)CC[C@H]2C1=CC(=O)OC1. The standard InChI is InChI=1S/C23H32O6/c1-20-6-3-17-18(4-8-22(27)11-15(25)2-7-21(17,22)13-24)23(20,28)9-5-16(20)14-10-19(26)29-12-14/h10,13,15-18,25,27-28H,2-9,11-12H2,1H3/t15-,16-,17+,18+,20+,21-,22-,23-/m0/s1. The molecule has 8 atom stereocenters. The molecule has 6 nitrogen and oxygen atoms in total. The number of carbonyl (C=O) groups excluding carboxylic acids is 2. The zero-order valence-corrected chi connectivity index (χ0v) is 17.1. The van der Waals surface area contributed by atoms with E-state index >= 15 is 0 Å². The summed E-state index contributed by atoms with van der Waals surface area (Å²) in [6, 6.07) is 0. The summed E-state index contributed by atoms with van der Waals surface area (Å²) >= 11 is 0. The molecule has 0 saturated heterocycles. The number of esters is 1. The fourth-order valence-corrected chi connectivity index (χ4v) is 8.34. The topological polar surface area (TPSA) is 104 Å². The normalized spacial score (nSPS) is 54.1. The van der Waals surface area contributed by atoms with E-state index in [2.05, 4.69) is 6.92 Å². The van der Waals surface area contributed by atoms with Crippen LogP contribution in [0.15, 0.2) is 11.6 Å². The van der Waals surface area contributed by atoms with Crippen LogP contribution in [0.5, 0.6) is 0 Å². The van der Waals surface area contributed by atoms with Crippen molar-refractivity contribution in [2.45, 2.75) is 82.0 Å². The lowest BCUT2D eigenvalue weighted by molar-refractivity contribution is -0.248. The number of cyclic esters (lactones) is 1. The van der Waals surface area contributed by atoms with Crippen LogP contribution in [-0.4, -0.2) is 51.5 Å². The minimum Gasteiger partial charge on any atom is -0.458 e. The van der Waals surface area contributed by atoms with Gasteiger partial charge >= 0.3 is 5.97 Å². The smallest absolute Gasteiger partial charge is 0.331 e. The minimum absolute atomic E-state index is 0.0504. The molecular formula is C23H32O6. The van der Waals surface area contributed by atoms with Crippen molar-refractivity contribution in [3.05, 3.63) is 11.6 Å². The van der Waals surface area contributed by atoms with Crippen molar-refractivity contribution in [3.8, 4) is 0 Å². The molecular weight excluding hydrogens is 372 g/mol. The Morgan fingerprint density at radius 2 is 1.83 bits per heavy atom. The third-order valence-electron chi connectivity index (χ3n) is 9.85. The van der Waals surface area contributed by atoms with Gasteiger partial charge in [0.05, 0.1) is 22.7 Å². The summed E-state index contributed by atoms with van der Waals surface area (Å²) in [7, 11) is 0. The molecule has 0 aromatic carbocycles. The number of rotatable bonds is 2. The van der Waals surface area contributed by atoms with Crippen molar-refractivity contribution in [3.63, 3.8) is 0 Å². The first-order valence-corrected chi connectivity index (χ1v) is 11.2. The van der Waals surface area contributed by atoms with Gasteiger partial charge in [-0.15, -0.1) is 0 Å². The quantitative estimate of drug-likeness (QED) is 0.480. The monoisotopic (exact) mass is 404 g/mol. The lowest BCUT2D eigenvalue weighted by Crippen LogP contribution is -2.68. The van der Waals surface area contributed by atoms with Gasteiger partial charge in [-0.3, -0.25) is 0 Å². The zero-order chi connectivity index (χ0) is 20.7. The number of aldehydes is 1. The summed E-state index contributed by atoms with van der Waals surface area (Å²) in [4.78, 5) is 24.1. The molecule has 5 aliphatic rings. The Morgan fingerprint density at radius 3 is 2.52 bits per heavy atom. The van der Waals surface area contributed by atoms with Crippen LogP contribution in [-0.2, 0) is 14.3 Å². The van der Waals surface area contributed by atoms with E-state index in [1.165, 1.54) is 0 Å². The maximum absolute atomic E-state index is 12.5. The summed E-state index contributed by atoms with van der Waals surface area (Å²) in [6.07, 6.45) is 7.36. The average Bonchev–Trinajstić information content (AvgIpc) is 3.21. The predicted molar refractivity (Wildman–Crippen MR) is 104 cm³/mol. The maximum Gasteiger partial charge on any atom is 0.331 e. The highest BCUT2D eigenvalue weighted by molar-refractivity contribution is 5.85. The molecule has 160 valence electrons. The molecule has 4 aliphatic carbocycles. The number of hydrogen-bond acceptors (Lipinski definition) is 6. The molecule has 3 N–H and O–H groups in total. The maximum atomic E-state index is 12.5. The van der Waals surface area contributed by atoms with Gasteiger partial charge in [0.15, 0.2) is 0 Å². The Hall–Kier alpha value is -1.24. The van der Waals surface area contributed by atoms with Gasteiger partial charge in [-0.1, -0.05) is 6.92 Å². The molecule has 0 spiro atoms. The second-order valence-corrected chi connectivity index (χ2v) is 10.6. The molecule has 0 aromatic rings. The van der Waals surface area contributed by atoms with E-state index in [-0.39, 0.29) is 35.6 Å².